The maximum absolute atomic E-state index is 11.4. The summed E-state index contributed by atoms with van der Waals surface area (Å²) in [7, 11) is 1.25. The van der Waals surface area contributed by atoms with E-state index in [-0.39, 0.29) is 12.3 Å². The number of ether oxygens (including phenoxy) is 1. The van der Waals surface area contributed by atoms with Crippen LogP contribution in [0.5, 0.6) is 0 Å². The molecule has 1 heterocycles. The molecule has 0 aliphatic rings. The van der Waals surface area contributed by atoms with Crippen molar-refractivity contribution in [1.29, 1.82) is 0 Å². The van der Waals surface area contributed by atoms with Crippen LogP contribution in [0, 0.1) is 0 Å². The third-order valence-corrected chi connectivity index (χ3v) is 2.54. The first-order chi connectivity index (χ1) is 8.69. The van der Waals surface area contributed by atoms with Gasteiger partial charge in [-0.1, -0.05) is 6.07 Å². The monoisotopic (exact) mass is 247 g/mol. The van der Waals surface area contributed by atoms with Crippen molar-refractivity contribution < 1.29 is 18.7 Å². The van der Waals surface area contributed by atoms with Gasteiger partial charge in [0.1, 0.15) is 12.0 Å². The van der Waals surface area contributed by atoms with Crippen molar-refractivity contribution in [2.24, 2.45) is 0 Å². The van der Waals surface area contributed by atoms with Gasteiger partial charge in [0.05, 0.1) is 13.4 Å². The van der Waals surface area contributed by atoms with E-state index in [1.807, 2.05) is 24.3 Å². The van der Waals surface area contributed by atoms with Gasteiger partial charge in [-0.25, -0.2) is 0 Å². The Morgan fingerprint density at radius 1 is 1.33 bits per heavy atom. The van der Waals surface area contributed by atoms with E-state index in [1.165, 1.54) is 7.11 Å². The zero-order chi connectivity index (χ0) is 13.0. The fourth-order valence-corrected chi connectivity index (χ4v) is 1.59. The quantitative estimate of drug-likeness (QED) is 0.658. The summed E-state index contributed by atoms with van der Waals surface area (Å²) >= 11 is 0. The minimum atomic E-state index is -0.544. The van der Waals surface area contributed by atoms with Crippen molar-refractivity contribution in [3.8, 4) is 0 Å². The van der Waals surface area contributed by atoms with Crippen LogP contribution in [0.2, 0.25) is 0 Å². The Kier molecular flexibility index (Phi) is 3.62. The number of esters is 1. The summed E-state index contributed by atoms with van der Waals surface area (Å²) < 4.78 is 9.63. The number of furan rings is 1. The predicted molar refractivity (Wildman–Crippen MR) is 64.7 cm³/mol. The molecule has 0 saturated carbocycles. The molecule has 1 aromatic carbocycles. The lowest BCUT2D eigenvalue weighted by molar-refractivity contribution is -0.143. The second kappa shape index (κ2) is 5.35. The van der Waals surface area contributed by atoms with E-state index in [0.29, 0.717) is 6.54 Å². The Morgan fingerprint density at radius 3 is 2.94 bits per heavy atom. The molecule has 1 aromatic heterocycles. The molecule has 94 valence electrons. The summed E-state index contributed by atoms with van der Waals surface area (Å²) in [6, 6.07) is 7.49. The average Bonchev–Trinajstić information content (AvgIpc) is 2.83. The summed E-state index contributed by atoms with van der Waals surface area (Å²) in [5.74, 6) is -0.896. The van der Waals surface area contributed by atoms with Crippen LogP contribution >= 0.6 is 0 Å². The molecular weight excluding hydrogens is 234 g/mol. The molecule has 5 heteroatoms. The number of rotatable bonds is 4. The minimum Gasteiger partial charge on any atom is -0.469 e. The molecule has 0 saturated heterocycles. The number of carbonyl (C=O) groups excluding carboxylic acids is 2. The fraction of sp³-hybridized carbons (Fsp3) is 0.231. The lowest BCUT2D eigenvalue weighted by atomic mass is 10.1. The van der Waals surface area contributed by atoms with Gasteiger partial charge >= 0.3 is 5.97 Å². The number of hydrogen-bond acceptors (Lipinski definition) is 4. The Labute approximate surface area is 104 Å². The van der Waals surface area contributed by atoms with Crippen molar-refractivity contribution in [3.63, 3.8) is 0 Å². The Bertz CT molecular complexity index is 573. The first-order valence-electron chi connectivity index (χ1n) is 5.48. The van der Waals surface area contributed by atoms with Crippen molar-refractivity contribution in [1.82, 2.24) is 5.32 Å². The first kappa shape index (κ1) is 12.2. The molecule has 0 aliphatic carbocycles. The van der Waals surface area contributed by atoms with Crippen molar-refractivity contribution in [2.75, 3.05) is 7.11 Å². The van der Waals surface area contributed by atoms with E-state index >= 15 is 0 Å². The molecule has 0 radical (unpaired) electrons. The summed E-state index contributed by atoms with van der Waals surface area (Å²) in [5, 5.41) is 3.63. The zero-order valence-corrected chi connectivity index (χ0v) is 9.93. The third kappa shape index (κ3) is 2.88. The second-order valence-corrected chi connectivity index (χ2v) is 3.82. The van der Waals surface area contributed by atoms with Gasteiger partial charge in [-0.2, -0.15) is 0 Å². The van der Waals surface area contributed by atoms with Crippen LogP contribution < -0.4 is 5.32 Å². The largest absolute Gasteiger partial charge is 0.469 e. The maximum atomic E-state index is 11.4. The van der Waals surface area contributed by atoms with Crippen LogP contribution in [0.3, 0.4) is 0 Å². The molecule has 0 aliphatic heterocycles. The molecule has 1 N–H and O–H groups in total. The van der Waals surface area contributed by atoms with Crippen LogP contribution in [-0.4, -0.2) is 19.0 Å². The van der Waals surface area contributed by atoms with E-state index in [9.17, 15) is 9.59 Å². The number of benzene rings is 1. The normalized spacial score (nSPS) is 10.3. The Balaban J connectivity index is 1.93. The molecular formula is C13H13NO4. The number of hydrogen-bond donors (Lipinski definition) is 1. The van der Waals surface area contributed by atoms with Crippen molar-refractivity contribution >= 4 is 22.8 Å². The zero-order valence-electron chi connectivity index (χ0n) is 9.93. The Hall–Kier alpha value is -2.30. The molecule has 18 heavy (non-hydrogen) atoms. The molecule has 2 rings (SSSR count). The second-order valence-electron chi connectivity index (χ2n) is 3.82. The SMILES string of the molecule is COC(=O)CC(=O)NCc1ccc2occc2c1. The molecule has 0 spiro atoms. The van der Waals surface area contributed by atoms with Crippen molar-refractivity contribution in [2.45, 2.75) is 13.0 Å². The van der Waals surface area contributed by atoms with Crippen LogP contribution in [-0.2, 0) is 20.9 Å². The van der Waals surface area contributed by atoms with Gasteiger partial charge in [-0.3, -0.25) is 9.59 Å². The summed E-state index contributed by atoms with van der Waals surface area (Å²) in [6.45, 7) is 0.372. The highest BCUT2D eigenvalue weighted by Crippen LogP contribution is 2.16. The topological polar surface area (TPSA) is 68.5 Å². The van der Waals surface area contributed by atoms with Gasteiger partial charge in [0.15, 0.2) is 0 Å². The minimum absolute atomic E-state index is 0.259. The van der Waals surface area contributed by atoms with Crippen LogP contribution in [0.1, 0.15) is 12.0 Å². The van der Waals surface area contributed by atoms with E-state index in [2.05, 4.69) is 10.1 Å². The van der Waals surface area contributed by atoms with Gasteiger partial charge in [-0.05, 0) is 23.8 Å². The molecule has 0 unspecified atom stereocenters. The number of methoxy groups -OCH3 is 1. The number of fused-ring (bicyclic) bond motifs is 1. The van der Waals surface area contributed by atoms with Gasteiger partial charge in [0.25, 0.3) is 0 Å². The van der Waals surface area contributed by atoms with Gasteiger partial charge in [0.2, 0.25) is 5.91 Å². The van der Waals surface area contributed by atoms with E-state index in [4.69, 9.17) is 4.42 Å². The highest BCUT2D eigenvalue weighted by molar-refractivity contribution is 5.94. The molecule has 0 atom stereocenters. The molecule has 0 bridgehead atoms. The Morgan fingerprint density at radius 2 is 2.17 bits per heavy atom. The number of carbonyl (C=O) groups is 2. The van der Waals surface area contributed by atoms with Crippen LogP contribution in [0.4, 0.5) is 0 Å². The standard InChI is InChI=1S/C13H13NO4/c1-17-13(16)7-12(15)14-8-9-2-3-11-10(6-9)4-5-18-11/h2-6H,7-8H2,1H3,(H,14,15). The van der Waals surface area contributed by atoms with Gasteiger partial charge < -0.3 is 14.5 Å². The third-order valence-electron chi connectivity index (χ3n) is 2.54. The van der Waals surface area contributed by atoms with E-state index in [1.54, 1.807) is 6.26 Å². The summed E-state index contributed by atoms with van der Waals surface area (Å²) in [5.41, 5.74) is 1.75. The molecule has 5 nitrogen and oxygen atoms in total. The van der Waals surface area contributed by atoms with Crippen molar-refractivity contribution in [3.05, 3.63) is 36.1 Å². The summed E-state index contributed by atoms with van der Waals surface area (Å²) in [4.78, 5) is 22.2. The van der Waals surface area contributed by atoms with Gasteiger partial charge in [0, 0.05) is 11.9 Å². The number of amides is 1. The molecule has 0 fully saturated rings. The number of nitrogens with one attached hydrogen (secondary N) is 1. The van der Waals surface area contributed by atoms with Gasteiger partial charge in [-0.15, -0.1) is 0 Å². The summed E-state index contributed by atoms with van der Waals surface area (Å²) in [6.07, 6.45) is 1.36. The maximum Gasteiger partial charge on any atom is 0.315 e. The highest BCUT2D eigenvalue weighted by atomic mass is 16.5. The lowest BCUT2D eigenvalue weighted by Crippen LogP contribution is -2.25. The fourth-order valence-electron chi connectivity index (χ4n) is 1.59. The molecule has 1 amide bonds. The lowest BCUT2D eigenvalue weighted by Gasteiger charge is -2.04. The van der Waals surface area contributed by atoms with E-state index < -0.39 is 5.97 Å². The predicted octanol–water partition coefficient (Wildman–Crippen LogP) is 1.61. The van der Waals surface area contributed by atoms with E-state index in [0.717, 1.165) is 16.5 Å². The highest BCUT2D eigenvalue weighted by Gasteiger charge is 2.08. The van der Waals surface area contributed by atoms with Crippen LogP contribution in [0.25, 0.3) is 11.0 Å². The smallest absolute Gasteiger partial charge is 0.315 e. The average molecular weight is 247 g/mol. The first-order valence-corrected chi connectivity index (χ1v) is 5.48. The van der Waals surface area contributed by atoms with Crippen LogP contribution in [0.15, 0.2) is 34.9 Å². The molecule has 2 aromatic rings.